The SMILES string of the molecule is CN(CC1CC1)C(=O)c1cnc2c(c1)CCCN2. The first-order valence-corrected chi connectivity index (χ1v) is 6.72. The average Bonchev–Trinajstić information content (AvgIpc) is 3.21. The highest BCUT2D eigenvalue weighted by atomic mass is 16.2. The van der Waals surface area contributed by atoms with Gasteiger partial charge in [0.25, 0.3) is 5.91 Å². The molecule has 2 heterocycles. The van der Waals surface area contributed by atoms with Crippen LogP contribution in [0.2, 0.25) is 0 Å². The lowest BCUT2D eigenvalue weighted by molar-refractivity contribution is 0.0788. The highest BCUT2D eigenvalue weighted by Crippen LogP contribution is 2.29. The number of aromatic nitrogens is 1. The Kier molecular flexibility index (Phi) is 2.94. The fraction of sp³-hybridized carbons (Fsp3) is 0.571. The summed E-state index contributed by atoms with van der Waals surface area (Å²) in [5.41, 5.74) is 1.90. The lowest BCUT2D eigenvalue weighted by Crippen LogP contribution is -2.29. The van der Waals surface area contributed by atoms with Crippen LogP contribution in [-0.4, -0.2) is 35.9 Å². The van der Waals surface area contributed by atoms with E-state index in [0.29, 0.717) is 0 Å². The topological polar surface area (TPSA) is 45.2 Å². The Bertz CT molecular complexity index is 468. The lowest BCUT2D eigenvalue weighted by Gasteiger charge is -2.20. The Balaban J connectivity index is 1.76. The lowest BCUT2D eigenvalue weighted by atomic mass is 10.0. The Hall–Kier alpha value is -1.58. The smallest absolute Gasteiger partial charge is 0.255 e. The molecule has 1 amide bonds. The zero-order valence-electron chi connectivity index (χ0n) is 10.8. The molecule has 18 heavy (non-hydrogen) atoms. The summed E-state index contributed by atoms with van der Waals surface area (Å²) < 4.78 is 0. The molecule has 4 nitrogen and oxygen atoms in total. The van der Waals surface area contributed by atoms with Crippen LogP contribution in [0.3, 0.4) is 0 Å². The molecule has 3 rings (SSSR count). The van der Waals surface area contributed by atoms with Crippen LogP contribution in [0.4, 0.5) is 5.82 Å². The summed E-state index contributed by atoms with van der Waals surface area (Å²) in [4.78, 5) is 18.4. The molecule has 0 aromatic carbocycles. The van der Waals surface area contributed by atoms with Crippen LogP contribution in [-0.2, 0) is 6.42 Å². The second-order valence-electron chi connectivity index (χ2n) is 5.39. The van der Waals surface area contributed by atoms with Crippen LogP contribution in [0.5, 0.6) is 0 Å². The molecule has 1 aromatic rings. The van der Waals surface area contributed by atoms with Crippen molar-refractivity contribution in [3.8, 4) is 0 Å². The maximum Gasteiger partial charge on any atom is 0.255 e. The summed E-state index contributed by atoms with van der Waals surface area (Å²) in [5.74, 6) is 1.77. The van der Waals surface area contributed by atoms with Gasteiger partial charge in [0.1, 0.15) is 5.82 Å². The standard InChI is InChI=1S/C14H19N3O/c1-17(9-10-4-5-10)14(18)12-7-11-3-2-6-15-13(11)16-8-12/h7-8,10H,2-6,9H2,1H3,(H,15,16). The van der Waals surface area contributed by atoms with Gasteiger partial charge in [-0.25, -0.2) is 4.98 Å². The second kappa shape index (κ2) is 4.59. The van der Waals surface area contributed by atoms with E-state index in [0.717, 1.165) is 43.2 Å². The number of rotatable bonds is 3. The Labute approximate surface area is 107 Å². The number of hydrogen-bond donors (Lipinski definition) is 1. The zero-order valence-corrected chi connectivity index (χ0v) is 10.8. The predicted octanol–water partition coefficient (Wildman–Crippen LogP) is 1.92. The normalized spacial score (nSPS) is 17.8. The van der Waals surface area contributed by atoms with Crippen LogP contribution in [0.15, 0.2) is 12.3 Å². The number of nitrogens with zero attached hydrogens (tertiary/aromatic N) is 2. The molecule has 1 saturated carbocycles. The van der Waals surface area contributed by atoms with E-state index in [1.165, 1.54) is 18.4 Å². The van der Waals surface area contributed by atoms with Crippen LogP contribution in [0, 0.1) is 5.92 Å². The molecule has 1 aliphatic heterocycles. The predicted molar refractivity (Wildman–Crippen MR) is 70.7 cm³/mol. The van der Waals surface area contributed by atoms with Crippen molar-refractivity contribution in [1.29, 1.82) is 0 Å². The van der Waals surface area contributed by atoms with E-state index in [9.17, 15) is 4.79 Å². The first-order chi connectivity index (χ1) is 8.74. The van der Waals surface area contributed by atoms with E-state index in [-0.39, 0.29) is 5.91 Å². The summed E-state index contributed by atoms with van der Waals surface area (Å²) in [6, 6.07) is 2.00. The molecule has 0 bridgehead atoms. The minimum Gasteiger partial charge on any atom is -0.370 e. The molecule has 4 heteroatoms. The van der Waals surface area contributed by atoms with Gasteiger partial charge < -0.3 is 10.2 Å². The molecule has 1 aromatic heterocycles. The molecule has 0 atom stereocenters. The first kappa shape index (κ1) is 11.5. The monoisotopic (exact) mass is 245 g/mol. The van der Waals surface area contributed by atoms with Crippen molar-refractivity contribution in [2.24, 2.45) is 5.92 Å². The molecule has 0 unspecified atom stereocenters. The number of aryl methyl sites for hydroxylation is 1. The van der Waals surface area contributed by atoms with Gasteiger partial charge in [0.15, 0.2) is 0 Å². The van der Waals surface area contributed by atoms with Crippen molar-refractivity contribution in [2.75, 3.05) is 25.5 Å². The van der Waals surface area contributed by atoms with Crippen molar-refractivity contribution < 1.29 is 4.79 Å². The highest BCUT2D eigenvalue weighted by Gasteiger charge is 2.25. The van der Waals surface area contributed by atoms with E-state index in [4.69, 9.17) is 0 Å². The summed E-state index contributed by atoms with van der Waals surface area (Å²) in [6.45, 7) is 1.86. The Morgan fingerprint density at radius 3 is 3.17 bits per heavy atom. The Morgan fingerprint density at radius 1 is 1.56 bits per heavy atom. The minimum absolute atomic E-state index is 0.0998. The third-order valence-corrected chi connectivity index (χ3v) is 3.70. The van der Waals surface area contributed by atoms with Crippen molar-refractivity contribution in [3.63, 3.8) is 0 Å². The van der Waals surface area contributed by atoms with E-state index >= 15 is 0 Å². The van der Waals surface area contributed by atoms with Gasteiger partial charge in [-0.05, 0) is 43.2 Å². The minimum atomic E-state index is 0.0998. The number of nitrogens with one attached hydrogen (secondary N) is 1. The highest BCUT2D eigenvalue weighted by molar-refractivity contribution is 5.94. The molecule has 1 fully saturated rings. The summed E-state index contributed by atoms with van der Waals surface area (Å²) in [6.07, 6.45) is 6.36. The van der Waals surface area contributed by atoms with Gasteiger partial charge in [-0.2, -0.15) is 0 Å². The number of fused-ring (bicyclic) bond motifs is 1. The summed E-state index contributed by atoms with van der Waals surface area (Å²) >= 11 is 0. The van der Waals surface area contributed by atoms with E-state index < -0.39 is 0 Å². The van der Waals surface area contributed by atoms with Crippen molar-refractivity contribution >= 4 is 11.7 Å². The molecule has 2 aliphatic rings. The van der Waals surface area contributed by atoms with Crippen LogP contribution >= 0.6 is 0 Å². The van der Waals surface area contributed by atoms with Crippen LogP contribution in [0.1, 0.15) is 35.2 Å². The van der Waals surface area contributed by atoms with Gasteiger partial charge in [-0.15, -0.1) is 0 Å². The Morgan fingerprint density at radius 2 is 2.39 bits per heavy atom. The van der Waals surface area contributed by atoms with Crippen molar-refractivity contribution in [2.45, 2.75) is 25.7 Å². The third-order valence-electron chi connectivity index (χ3n) is 3.70. The van der Waals surface area contributed by atoms with E-state index in [1.807, 2.05) is 18.0 Å². The third kappa shape index (κ3) is 2.33. The molecular formula is C14H19N3O. The molecule has 0 radical (unpaired) electrons. The zero-order chi connectivity index (χ0) is 12.5. The fourth-order valence-corrected chi connectivity index (χ4v) is 2.45. The average molecular weight is 245 g/mol. The van der Waals surface area contributed by atoms with Gasteiger partial charge in [-0.3, -0.25) is 4.79 Å². The number of hydrogen-bond acceptors (Lipinski definition) is 3. The van der Waals surface area contributed by atoms with Crippen molar-refractivity contribution in [3.05, 3.63) is 23.4 Å². The summed E-state index contributed by atoms with van der Waals surface area (Å²) in [5, 5.41) is 3.26. The number of anilines is 1. The number of carbonyl (C=O) groups is 1. The van der Waals surface area contributed by atoms with Gasteiger partial charge in [0, 0.05) is 26.3 Å². The van der Waals surface area contributed by atoms with Gasteiger partial charge in [0.2, 0.25) is 0 Å². The van der Waals surface area contributed by atoms with Crippen molar-refractivity contribution in [1.82, 2.24) is 9.88 Å². The largest absolute Gasteiger partial charge is 0.370 e. The maximum absolute atomic E-state index is 12.3. The quantitative estimate of drug-likeness (QED) is 0.885. The summed E-state index contributed by atoms with van der Waals surface area (Å²) in [7, 11) is 1.89. The van der Waals surface area contributed by atoms with E-state index in [2.05, 4.69) is 10.3 Å². The first-order valence-electron chi connectivity index (χ1n) is 6.72. The molecule has 1 aliphatic carbocycles. The van der Waals surface area contributed by atoms with Gasteiger partial charge in [-0.1, -0.05) is 0 Å². The molecule has 1 N–H and O–H groups in total. The van der Waals surface area contributed by atoms with Crippen LogP contribution in [0.25, 0.3) is 0 Å². The van der Waals surface area contributed by atoms with Crippen LogP contribution < -0.4 is 5.32 Å². The van der Waals surface area contributed by atoms with E-state index in [1.54, 1.807) is 6.20 Å². The number of carbonyl (C=O) groups excluding carboxylic acids is 1. The maximum atomic E-state index is 12.3. The number of amides is 1. The van der Waals surface area contributed by atoms with Gasteiger partial charge >= 0.3 is 0 Å². The molecule has 96 valence electrons. The molecular weight excluding hydrogens is 226 g/mol. The number of pyridine rings is 1. The molecule has 0 saturated heterocycles. The molecule has 0 spiro atoms. The second-order valence-corrected chi connectivity index (χ2v) is 5.39. The van der Waals surface area contributed by atoms with Gasteiger partial charge in [0.05, 0.1) is 5.56 Å². The fourth-order valence-electron chi connectivity index (χ4n) is 2.45.